The van der Waals surface area contributed by atoms with Gasteiger partial charge in [0.1, 0.15) is 0 Å². The van der Waals surface area contributed by atoms with Gasteiger partial charge in [0.15, 0.2) is 0 Å². The number of hydrogen-bond donors (Lipinski definition) is 1. The first-order chi connectivity index (χ1) is 9.17. The summed E-state index contributed by atoms with van der Waals surface area (Å²) in [5.74, 6) is 0.625. The van der Waals surface area contributed by atoms with Crippen molar-refractivity contribution in [3.63, 3.8) is 0 Å². The molecule has 1 rings (SSSR count). The first kappa shape index (κ1) is 17.0. The maximum Gasteiger partial charge on any atom is 0.0587 e. The molecule has 0 spiro atoms. The Bertz CT molecular complexity index is 373. The second-order valence-corrected chi connectivity index (χ2v) is 6.11. The summed E-state index contributed by atoms with van der Waals surface area (Å²) in [6.07, 6.45) is 3.44. The van der Waals surface area contributed by atoms with E-state index in [-0.39, 0.29) is 0 Å². The minimum Gasteiger partial charge on any atom is -0.383 e. The Morgan fingerprint density at radius 1 is 1.42 bits per heavy atom. The number of nitrogens with one attached hydrogen (secondary N) is 1. The minimum absolute atomic E-state index is 0.625. The highest BCUT2D eigenvalue weighted by atomic mass is 79.9. The summed E-state index contributed by atoms with van der Waals surface area (Å²) in [6, 6.07) is 6.14. The molecule has 2 nitrogen and oxygen atoms in total. The van der Waals surface area contributed by atoms with E-state index in [1.807, 2.05) is 6.07 Å². The summed E-state index contributed by atoms with van der Waals surface area (Å²) in [6.45, 7) is 4.91. The zero-order valence-corrected chi connectivity index (χ0v) is 14.1. The molecule has 0 amide bonds. The van der Waals surface area contributed by atoms with Crippen LogP contribution in [0.1, 0.15) is 25.3 Å². The van der Waals surface area contributed by atoms with Gasteiger partial charge in [-0.2, -0.15) is 0 Å². The van der Waals surface area contributed by atoms with Crippen molar-refractivity contribution in [2.75, 3.05) is 26.8 Å². The number of methoxy groups -OCH3 is 1. The summed E-state index contributed by atoms with van der Waals surface area (Å²) >= 11 is 9.73. The normalized spacial score (nSPS) is 12.6. The van der Waals surface area contributed by atoms with Gasteiger partial charge in [-0.05, 0) is 43.0 Å². The van der Waals surface area contributed by atoms with Crippen molar-refractivity contribution in [2.24, 2.45) is 5.92 Å². The molecule has 0 saturated heterocycles. The molecule has 19 heavy (non-hydrogen) atoms. The average molecular weight is 349 g/mol. The average Bonchev–Trinajstić information content (AvgIpc) is 2.38. The molecule has 4 heteroatoms. The van der Waals surface area contributed by atoms with Crippen molar-refractivity contribution >= 4 is 27.5 Å². The lowest BCUT2D eigenvalue weighted by Crippen LogP contribution is -2.27. The first-order valence-electron chi connectivity index (χ1n) is 6.81. The monoisotopic (exact) mass is 347 g/mol. The summed E-state index contributed by atoms with van der Waals surface area (Å²) < 4.78 is 6.08. The second kappa shape index (κ2) is 9.76. The predicted molar refractivity (Wildman–Crippen MR) is 86.0 cm³/mol. The van der Waals surface area contributed by atoms with E-state index in [9.17, 15) is 0 Å². The van der Waals surface area contributed by atoms with E-state index < -0.39 is 0 Å². The lowest BCUT2D eigenvalue weighted by atomic mass is 9.95. The molecule has 0 aliphatic heterocycles. The van der Waals surface area contributed by atoms with E-state index in [0.29, 0.717) is 5.92 Å². The lowest BCUT2D eigenvalue weighted by Gasteiger charge is -2.18. The molecule has 0 aliphatic rings. The third-order valence-electron chi connectivity index (χ3n) is 3.14. The lowest BCUT2D eigenvalue weighted by molar-refractivity contribution is 0.197. The topological polar surface area (TPSA) is 21.3 Å². The Morgan fingerprint density at radius 3 is 2.84 bits per heavy atom. The van der Waals surface area contributed by atoms with Gasteiger partial charge >= 0.3 is 0 Å². The van der Waals surface area contributed by atoms with Crippen LogP contribution in [0.4, 0.5) is 0 Å². The fourth-order valence-electron chi connectivity index (χ4n) is 2.16. The minimum atomic E-state index is 0.625. The Hall–Kier alpha value is -0.0900. The summed E-state index contributed by atoms with van der Waals surface area (Å²) in [5.41, 5.74) is 1.23. The summed E-state index contributed by atoms with van der Waals surface area (Å²) in [5, 5.41) is 4.30. The number of rotatable bonds is 9. The van der Waals surface area contributed by atoms with Crippen molar-refractivity contribution in [1.29, 1.82) is 0 Å². The zero-order valence-electron chi connectivity index (χ0n) is 11.7. The highest BCUT2D eigenvalue weighted by molar-refractivity contribution is 9.10. The van der Waals surface area contributed by atoms with Gasteiger partial charge in [0.2, 0.25) is 0 Å². The van der Waals surface area contributed by atoms with Crippen LogP contribution in [0, 0.1) is 5.92 Å². The van der Waals surface area contributed by atoms with Crippen LogP contribution >= 0.6 is 27.5 Å². The maximum atomic E-state index is 6.29. The van der Waals surface area contributed by atoms with Crippen LogP contribution in [0.3, 0.4) is 0 Å². The molecule has 0 heterocycles. The van der Waals surface area contributed by atoms with Crippen LogP contribution in [0.25, 0.3) is 0 Å². The van der Waals surface area contributed by atoms with Crippen molar-refractivity contribution < 1.29 is 4.74 Å². The standard InChI is InChI=1S/C15H23BrClNO/c1-3-4-12(11-18-7-8-19-2)9-13-5-6-14(16)10-15(13)17/h5-6,10,12,18H,3-4,7-9,11H2,1-2H3. The maximum absolute atomic E-state index is 6.29. The number of hydrogen-bond acceptors (Lipinski definition) is 2. The van der Waals surface area contributed by atoms with E-state index in [0.717, 1.165) is 35.6 Å². The Kier molecular flexibility index (Phi) is 8.71. The molecule has 0 aliphatic carbocycles. The third kappa shape index (κ3) is 6.75. The van der Waals surface area contributed by atoms with Gasteiger partial charge in [0.05, 0.1) is 6.61 Å². The number of halogens is 2. The van der Waals surface area contributed by atoms with E-state index in [2.05, 4.69) is 40.3 Å². The van der Waals surface area contributed by atoms with Crippen LogP contribution in [0.5, 0.6) is 0 Å². The van der Waals surface area contributed by atoms with Gasteiger partial charge in [-0.15, -0.1) is 0 Å². The Morgan fingerprint density at radius 2 is 2.21 bits per heavy atom. The van der Waals surface area contributed by atoms with Gasteiger partial charge in [0, 0.05) is 23.1 Å². The molecule has 1 atom stereocenters. The fourth-order valence-corrected chi connectivity index (χ4v) is 2.91. The molecule has 0 aromatic heterocycles. The molecule has 1 aromatic rings. The highest BCUT2D eigenvalue weighted by Crippen LogP contribution is 2.24. The van der Waals surface area contributed by atoms with Gasteiger partial charge in [-0.1, -0.05) is 46.9 Å². The molecule has 0 radical (unpaired) electrons. The quantitative estimate of drug-likeness (QED) is 0.672. The molecular formula is C15H23BrClNO. The molecule has 0 bridgehead atoms. The van der Waals surface area contributed by atoms with E-state index in [1.54, 1.807) is 7.11 Å². The van der Waals surface area contributed by atoms with Crippen LogP contribution in [-0.2, 0) is 11.2 Å². The van der Waals surface area contributed by atoms with Crippen molar-refractivity contribution in [2.45, 2.75) is 26.2 Å². The molecule has 0 saturated carbocycles. The Labute approximate surface area is 130 Å². The molecule has 1 unspecified atom stereocenters. The molecular weight excluding hydrogens is 326 g/mol. The van der Waals surface area contributed by atoms with Crippen LogP contribution in [0.2, 0.25) is 5.02 Å². The second-order valence-electron chi connectivity index (χ2n) is 4.79. The molecule has 108 valence electrons. The first-order valence-corrected chi connectivity index (χ1v) is 7.98. The van der Waals surface area contributed by atoms with Crippen LogP contribution < -0.4 is 5.32 Å². The highest BCUT2D eigenvalue weighted by Gasteiger charge is 2.11. The Balaban J connectivity index is 2.51. The van der Waals surface area contributed by atoms with Crippen molar-refractivity contribution in [1.82, 2.24) is 5.32 Å². The SMILES string of the molecule is CCCC(CNCCOC)Cc1ccc(Br)cc1Cl. The fraction of sp³-hybridized carbons (Fsp3) is 0.600. The van der Waals surface area contributed by atoms with Crippen LogP contribution in [0.15, 0.2) is 22.7 Å². The third-order valence-corrected chi connectivity index (χ3v) is 3.98. The molecule has 0 fully saturated rings. The predicted octanol–water partition coefficient (Wildman–Crippen LogP) is 4.30. The van der Waals surface area contributed by atoms with Gasteiger partial charge < -0.3 is 10.1 Å². The van der Waals surface area contributed by atoms with Crippen molar-refractivity contribution in [3.8, 4) is 0 Å². The summed E-state index contributed by atoms with van der Waals surface area (Å²) in [7, 11) is 1.73. The summed E-state index contributed by atoms with van der Waals surface area (Å²) in [4.78, 5) is 0. The molecule has 1 aromatic carbocycles. The zero-order chi connectivity index (χ0) is 14.1. The number of benzene rings is 1. The van der Waals surface area contributed by atoms with Gasteiger partial charge in [0.25, 0.3) is 0 Å². The van der Waals surface area contributed by atoms with Crippen molar-refractivity contribution in [3.05, 3.63) is 33.3 Å². The smallest absolute Gasteiger partial charge is 0.0587 e. The molecule has 1 N–H and O–H groups in total. The van der Waals surface area contributed by atoms with Gasteiger partial charge in [-0.25, -0.2) is 0 Å². The van der Waals surface area contributed by atoms with E-state index >= 15 is 0 Å². The number of ether oxygens (including phenoxy) is 1. The van der Waals surface area contributed by atoms with E-state index in [1.165, 1.54) is 18.4 Å². The largest absolute Gasteiger partial charge is 0.383 e. The van der Waals surface area contributed by atoms with Crippen LogP contribution in [-0.4, -0.2) is 26.8 Å². The van der Waals surface area contributed by atoms with Gasteiger partial charge in [-0.3, -0.25) is 0 Å². The van der Waals surface area contributed by atoms with E-state index in [4.69, 9.17) is 16.3 Å².